The van der Waals surface area contributed by atoms with Gasteiger partial charge < -0.3 is 4.57 Å². The van der Waals surface area contributed by atoms with E-state index in [1.54, 1.807) is 0 Å². The summed E-state index contributed by atoms with van der Waals surface area (Å²) < 4.78 is 7.07. The van der Waals surface area contributed by atoms with Gasteiger partial charge in [-0.25, -0.2) is 19.9 Å². The minimum Gasteiger partial charge on any atom is -0.309 e. The van der Waals surface area contributed by atoms with Crippen LogP contribution < -0.4 is 0 Å². The van der Waals surface area contributed by atoms with E-state index in [0.717, 1.165) is 95.8 Å². The van der Waals surface area contributed by atoms with Crippen LogP contribution in [0.15, 0.2) is 364 Å². The van der Waals surface area contributed by atoms with E-state index in [9.17, 15) is 0 Å². The Labute approximate surface area is 691 Å². The fraction of sp³-hybridized carbons (Fsp3) is 0.0631. The lowest BCUT2D eigenvalue weighted by Crippen LogP contribution is -2.15. The van der Waals surface area contributed by atoms with E-state index in [0.29, 0.717) is 5.02 Å². The summed E-state index contributed by atoms with van der Waals surface area (Å²) in [6.07, 6.45) is 1.08. The molecule has 0 saturated carbocycles. The smallest absolute Gasteiger partial charge is 0.165 e. The molecule has 0 unspecified atom stereocenters. The van der Waals surface area contributed by atoms with Crippen molar-refractivity contribution in [2.75, 3.05) is 0 Å². The van der Waals surface area contributed by atoms with Crippen LogP contribution >= 0.6 is 11.6 Å². The van der Waals surface area contributed by atoms with Gasteiger partial charge in [0, 0.05) is 65.0 Å². The molecule has 3 aliphatic carbocycles. The van der Waals surface area contributed by atoms with Gasteiger partial charge in [-0.05, 0) is 201 Å². The number of rotatable bonds is 5. The fourth-order valence-electron chi connectivity index (χ4n) is 20.4. The van der Waals surface area contributed by atoms with Crippen molar-refractivity contribution in [3.05, 3.63) is 402 Å². The first-order chi connectivity index (χ1) is 58.4. The summed E-state index contributed by atoms with van der Waals surface area (Å²) in [4.78, 5) is 21.7. The number of aromatic nitrogens is 7. The van der Waals surface area contributed by atoms with E-state index in [1.165, 1.54) is 148 Å². The van der Waals surface area contributed by atoms with Crippen molar-refractivity contribution in [1.29, 1.82) is 0 Å². The number of fused-ring (bicyclic) bond motifs is 28. The molecular weight excluding hydrogens is 1470 g/mol. The average Bonchev–Trinajstić information content (AvgIpc) is 1.54. The van der Waals surface area contributed by atoms with Gasteiger partial charge in [-0.3, -0.25) is 9.13 Å². The maximum absolute atomic E-state index is 6.67. The zero-order valence-electron chi connectivity index (χ0n) is 65.9. The summed E-state index contributed by atoms with van der Waals surface area (Å²) >= 11 is 6.67. The molecule has 7 nitrogen and oxygen atoms in total. The minimum atomic E-state index is -0.152. The highest BCUT2D eigenvalue weighted by Crippen LogP contribution is 2.53. The first-order valence-corrected chi connectivity index (χ1v) is 41.4. The van der Waals surface area contributed by atoms with Crippen molar-refractivity contribution in [3.8, 4) is 73.2 Å². The second kappa shape index (κ2) is 26.2. The van der Waals surface area contributed by atoms with Crippen LogP contribution in [0.2, 0.25) is 5.02 Å². The van der Waals surface area contributed by atoms with Gasteiger partial charge in [-0.1, -0.05) is 318 Å². The molecule has 0 radical (unpaired) electrons. The second-order valence-corrected chi connectivity index (χ2v) is 33.7. The predicted molar refractivity (Wildman–Crippen MR) is 498 cm³/mol. The van der Waals surface area contributed by atoms with Crippen molar-refractivity contribution < 1.29 is 0 Å². The molecule has 5 aromatic heterocycles. The zero-order chi connectivity index (χ0) is 79.1. The standard InChI is InChI=1S/C55H36N4.C39H26ClN3.C17H12/c1-55(2)43-19-9-7-17-39(43)40-27-23-35(31-44(40)55)53-54(57-46-21-11-10-20-45(46)56-53)59-49-30-25-34-14-4-6-16-38(34)52(49)42-28-26-36(32-50(42)59)58-47-22-12-8-18-41(47)51-37-15-5-3-13-33(37)24-29-48(51)58;1-39(2)30-12-6-5-11-27(30)28-18-15-24(21-31(28)39)37-38(42-33-14-8-7-13-32(33)41-37)43-34-20-16-23-9-3-4-10-26(23)36(34)29-19-17-25(40)22-35(29)43;1-3-7-15-12(5-1)9-10-14-11-13-6-2-4-8-16(13)17(14)15/h3-32H,1-2H3;3-22H,1-2H3;1-10H,11H2. The number of benzene rings is 18. The molecule has 0 fully saturated rings. The first-order valence-electron chi connectivity index (χ1n) is 41.1. The van der Waals surface area contributed by atoms with Crippen LogP contribution in [0.25, 0.3) is 204 Å². The van der Waals surface area contributed by atoms with Crippen LogP contribution in [0, 0.1) is 0 Å². The van der Waals surface area contributed by atoms with Crippen LogP contribution in [0.1, 0.15) is 61.1 Å². The van der Waals surface area contributed by atoms with Crippen LogP contribution in [-0.2, 0) is 17.3 Å². The predicted octanol–water partition coefficient (Wildman–Crippen LogP) is 29.0. The van der Waals surface area contributed by atoms with E-state index >= 15 is 0 Å². The maximum Gasteiger partial charge on any atom is 0.165 e. The number of nitrogens with zero attached hydrogens (tertiary/aromatic N) is 7. The molecule has 0 atom stereocenters. The quantitative estimate of drug-likeness (QED) is 0.172. The molecule has 5 heterocycles. The van der Waals surface area contributed by atoms with E-state index in [1.807, 2.05) is 30.3 Å². The lowest BCUT2D eigenvalue weighted by Gasteiger charge is -2.22. The Hall–Kier alpha value is -14.6. The van der Waals surface area contributed by atoms with Crippen LogP contribution in [0.3, 0.4) is 0 Å². The number of hydrogen-bond acceptors (Lipinski definition) is 4. The third-order valence-electron chi connectivity index (χ3n) is 26.0. The van der Waals surface area contributed by atoms with Gasteiger partial charge in [-0.2, -0.15) is 0 Å². The first kappa shape index (κ1) is 68.7. The van der Waals surface area contributed by atoms with Crippen LogP contribution in [-0.4, -0.2) is 33.6 Å². The molecular formula is C111H74ClN7. The largest absolute Gasteiger partial charge is 0.309 e. The third kappa shape index (κ3) is 10.4. The Morgan fingerprint density at radius 2 is 0.647 bits per heavy atom. The molecule has 0 spiro atoms. The number of para-hydroxylation sites is 5. The number of halogens is 1. The summed E-state index contributed by atoms with van der Waals surface area (Å²) in [7, 11) is 0. The molecule has 0 N–H and O–H groups in total. The van der Waals surface area contributed by atoms with Crippen molar-refractivity contribution in [1.82, 2.24) is 33.6 Å². The van der Waals surface area contributed by atoms with Crippen molar-refractivity contribution in [3.63, 3.8) is 0 Å². The summed E-state index contributed by atoms with van der Waals surface area (Å²) in [5.41, 5.74) is 31.0. The molecule has 8 heteroatoms. The van der Waals surface area contributed by atoms with Gasteiger partial charge in [0.25, 0.3) is 0 Å². The summed E-state index contributed by atoms with van der Waals surface area (Å²) in [5.74, 6) is 1.61. The Morgan fingerprint density at radius 1 is 0.261 bits per heavy atom. The molecule has 3 aliphatic rings. The van der Waals surface area contributed by atoms with Crippen molar-refractivity contribution in [2.45, 2.75) is 44.9 Å². The lowest BCUT2D eigenvalue weighted by molar-refractivity contribution is 0.660. The third-order valence-corrected chi connectivity index (χ3v) is 26.2. The van der Waals surface area contributed by atoms with Gasteiger partial charge in [-0.15, -0.1) is 0 Å². The molecule has 18 aromatic carbocycles. The lowest BCUT2D eigenvalue weighted by atomic mass is 9.82. The molecule has 26 rings (SSSR count). The molecule has 0 amide bonds. The highest BCUT2D eigenvalue weighted by Gasteiger charge is 2.38. The normalized spacial score (nSPS) is 13.4. The van der Waals surface area contributed by atoms with Gasteiger partial charge in [0.15, 0.2) is 11.6 Å². The average molecular weight is 1540 g/mol. The van der Waals surface area contributed by atoms with E-state index in [2.05, 4.69) is 375 Å². The SMILES string of the molecule is CC1(C)c2ccccc2-c2ccc(-c3nc4ccccc4nc3-n3c4cc(-n5c6ccccc6c6c7ccccc7ccc65)ccc4c4c5ccccc5ccc43)cc21.CC1(C)c2ccccc2-c2ccc(-c3nc4ccccc4nc3-n3c4cc(Cl)ccc4c4c5ccccc5ccc43)cc21.c1ccc2c(c1)Cc1ccc3ccccc3c1-2. The zero-order valence-corrected chi connectivity index (χ0v) is 66.6. The van der Waals surface area contributed by atoms with Crippen molar-refractivity contribution in [2.24, 2.45) is 0 Å². The summed E-state index contributed by atoms with van der Waals surface area (Å²) in [5, 5.41) is 18.0. The van der Waals surface area contributed by atoms with Crippen LogP contribution in [0.4, 0.5) is 0 Å². The Kier molecular flexibility index (Phi) is 15.1. The van der Waals surface area contributed by atoms with Gasteiger partial charge in [0.1, 0.15) is 11.4 Å². The highest BCUT2D eigenvalue weighted by atomic mass is 35.5. The summed E-state index contributed by atoms with van der Waals surface area (Å²) in [6, 6.07) is 131. The van der Waals surface area contributed by atoms with E-state index < -0.39 is 0 Å². The molecule has 0 saturated heterocycles. The molecule has 119 heavy (non-hydrogen) atoms. The van der Waals surface area contributed by atoms with Crippen molar-refractivity contribution >= 4 is 142 Å². The van der Waals surface area contributed by atoms with Gasteiger partial charge in [0.05, 0.1) is 55.2 Å². The Balaban J connectivity index is 0.000000116. The molecule has 0 bridgehead atoms. The topological polar surface area (TPSA) is 66.3 Å². The highest BCUT2D eigenvalue weighted by molar-refractivity contribution is 6.32. The Morgan fingerprint density at radius 3 is 1.18 bits per heavy atom. The van der Waals surface area contributed by atoms with E-state index in [4.69, 9.17) is 31.5 Å². The van der Waals surface area contributed by atoms with Gasteiger partial charge in [0.2, 0.25) is 0 Å². The second-order valence-electron chi connectivity index (χ2n) is 33.2. The number of hydrogen-bond donors (Lipinski definition) is 0. The molecule has 560 valence electrons. The summed E-state index contributed by atoms with van der Waals surface area (Å²) in [6.45, 7) is 9.31. The molecule has 0 aliphatic heterocycles. The van der Waals surface area contributed by atoms with Crippen LogP contribution in [0.5, 0.6) is 0 Å². The minimum absolute atomic E-state index is 0.119. The van der Waals surface area contributed by atoms with Gasteiger partial charge >= 0.3 is 0 Å². The Bertz CT molecular complexity index is 8320. The van der Waals surface area contributed by atoms with E-state index in [-0.39, 0.29) is 10.8 Å². The fourth-order valence-corrected chi connectivity index (χ4v) is 20.6. The monoisotopic (exact) mass is 1540 g/mol. The molecule has 23 aromatic rings. The maximum atomic E-state index is 6.67.